The van der Waals surface area contributed by atoms with Crippen LogP contribution in [0.2, 0.25) is 0 Å². The molecule has 1 aliphatic rings. The zero-order chi connectivity index (χ0) is 17.9. The lowest BCUT2D eigenvalue weighted by molar-refractivity contribution is -0.141. The summed E-state index contributed by atoms with van der Waals surface area (Å²) in [4.78, 5) is 22.9. The molecular formula is C16H13F3N4O2. The molecule has 130 valence electrons. The first kappa shape index (κ1) is 16.9. The molecule has 0 saturated carbocycles. The largest absolute Gasteiger partial charge is 0.458 e. The van der Waals surface area contributed by atoms with Crippen molar-refractivity contribution < 1.29 is 22.7 Å². The number of halogens is 3. The summed E-state index contributed by atoms with van der Waals surface area (Å²) in [6.07, 6.45) is -1.53. The van der Waals surface area contributed by atoms with E-state index in [1.54, 1.807) is 6.07 Å². The average Bonchev–Trinajstić information content (AvgIpc) is 2.61. The lowest BCUT2D eigenvalue weighted by atomic mass is 10.0. The molecule has 1 aromatic heterocycles. The molecule has 0 spiro atoms. The molecule has 2 aromatic rings. The molecule has 0 amide bonds. The van der Waals surface area contributed by atoms with Crippen molar-refractivity contribution >= 4 is 17.4 Å². The number of aromatic nitrogens is 2. The van der Waals surface area contributed by atoms with E-state index in [9.17, 15) is 18.0 Å². The number of rotatable bonds is 4. The number of aliphatic imine (C=N–C) groups is 1. The maximum atomic E-state index is 13.4. The zero-order valence-electron chi connectivity index (χ0n) is 12.9. The standard InChI is InChI=1S/C16H13F3N4O2/c17-16(18,19)11-6-10(13-9-25-15(24)8-23-13)2-3-12(11)22-7-14-20-4-1-5-21-14/h1-6,22H,7-9H2. The van der Waals surface area contributed by atoms with Crippen molar-refractivity contribution in [3.05, 3.63) is 53.6 Å². The highest BCUT2D eigenvalue weighted by molar-refractivity contribution is 6.04. The molecule has 0 saturated heterocycles. The van der Waals surface area contributed by atoms with Gasteiger partial charge in [-0.1, -0.05) is 6.07 Å². The summed E-state index contributed by atoms with van der Waals surface area (Å²) in [7, 11) is 0. The van der Waals surface area contributed by atoms with Gasteiger partial charge in [-0.3, -0.25) is 9.79 Å². The summed E-state index contributed by atoms with van der Waals surface area (Å²) in [5.74, 6) is -0.121. The van der Waals surface area contributed by atoms with E-state index in [0.717, 1.165) is 6.07 Å². The lowest BCUT2D eigenvalue weighted by Crippen LogP contribution is -2.24. The van der Waals surface area contributed by atoms with Crippen molar-refractivity contribution in [1.82, 2.24) is 9.97 Å². The van der Waals surface area contributed by atoms with Gasteiger partial charge in [0.25, 0.3) is 0 Å². The number of carbonyl (C=O) groups is 1. The van der Waals surface area contributed by atoms with E-state index in [4.69, 9.17) is 4.74 Å². The second kappa shape index (κ2) is 6.88. The van der Waals surface area contributed by atoms with E-state index >= 15 is 0 Å². The number of nitrogens with one attached hydrogen (secondary N) is 1. The van der Waals surface area contributed by atoms with Gasteiger partial charge < -0.3 is 10.1 Å². The molecule has 0 unspecified atom stereocenters. The maximum absolute atomic E-state index is 13.4. The van der Waals surface area contributed by atoms with Gasteiger partial charge in [-0.05, 0) is 23.8 Å². The zero-order valence-corrected chi connectivity index (χ0v) is 12.9. The minimum Gasteiger partial charge on any atom is -0.458 e. The Bertz CT molecular complexity index is 807. The molecule has 0 atom stereocenters. The van der Waals surface area contributed by atoms with Crippen LogP contribution in [0.1, 0.15) is 17.0 Å². The van der Waals surface area contributed by atoms with Gasteiger partial charge in [0.2, 0.25) is 0 Å². The molecule has 0 aliphatic carbocycles. The Balaban J connectivity index is 1.87. The number of benzene rings is 1. The summed E-state index contributed by atoms with van der Waals surface area (Å²) in [5, 5.41) is 2.70. The topological polar surface area (TPSA) is 76.5 Å². The molecular weight excluding hydrogens is 337 g/mol. The van der Waals surface area contributed by atoms with Gasteiger partial charge in [0.1, 0.15) is 19.0 Å². The highest BCUT2D eigenvalue weighted by Gasteiger charge is 2.34. The Morgan fingerprint density at radius 1 is 1.20 bits per heavy atom. The molecule has 1 N–H and O–H groups in total. The second-order valence-corrected chi connectivity index (χ2v) is 5.20. The van der Waals surface area contributed by atoms with Crippen molar-refractivity contribution in [2.24, 2.45) is 4.99 Å². The third-order valence-electron chi connectivity index (χ3n) is 3.48. The highest BCUT2D eigenvalue weighted by Crippen LogP contribution is 2.36. The number of hydrogen-bond donors (Lipinski definition) is 1. The van der Waals surface area contributed by atoms with Crippen LogP contribution >= 0.6 is 0 Å². The second-order valence-electron chi connectivity index (χ2n) is 5.20. The van der Waals surface area contributed by atoms with Crippen molar-refractivity contribution in [3.8, 4) is 0 Å². The van der Waals surface area contributed by atoms with Gasteiger partial charge in [-0.2, -0.15) is 13.2 Å². The van der Waals surface area contributed by atoms with Crippen molar-refractivity contribution in [3.63, 3.8) is 0 Å². The number of hydrogen-bond acceptors (Lipinski definition) is 6. The molecule has 0 bridgehead atoms. The van der Waals surface area contributed by atoms with Gasteiger partial charge in [0, 0.05) is 18.1 Å². The fraction of sp³-hybridized carbons (Fsp3) is 0.250. The molecule has 3 rings (SSSR count). The number of nitrogens with zero attached hydrogens (tertiary/aromatic N) is 3. The molecule has 25 heavy (non-hydrogen) atoms. The van der Waals surface area contributed by atoms with Crippen molar-refractivity contribution in [2.45, 2.75) is 12.7 Å². The molecule has 1 aromatic carbocycles. The molecule has 1 aliphatic heterocycles. The number of esters is 1. The van der Waals surface area contributed by atoms with E-state index in [1.165, 1.54) is 24.5 Å². The number of anilines is 1. The molecule has 0 radical (unpaired) electrons. The van der Waals surface area contributed by atoms with E-state index in [1.807, 2.05) is 0 Å². The number of cyclic esters (lactones) is 1. The monoisotopic (exact) mass is 350 g/mol. The van der Waals surface area contributed by atoms with Crippen LogP contribution in [0.5, 0.6) is 0 Å². The van der Waals surface area contributed by atoms with Crippen LogP contribution < -0.4 is 5.32 Å². The first-order valence-corrected chi connectivity index (χ1v) is 7.34. The van der Waals surface area contributed by atoms with Crippen LogP contribution in [0.3, 0.4) is 0 Å². The maximum Gasteiger partial charge on any atom is 0.418 e. The fourth-order valence-corrected chi connectivity index (χ4v) is 2.28. The number of ether oxygens (including phenoxy) is 1. The Kier molecular flexibility index (Phi) is 4.64. The smallest absolute Gasteiger partial charge is 0.418 e. The van der Waals surface area contributed by atoms with Crippen LogP contribution in [-0.2, 0) is 22.3 Å². The van der Waals surface area contributed by atoms with Crippen LogP contribution in [0.25, 0.3) is 0 Å². The summed E-state index contributed by atoms with van der Waals surface area (Å²) in [5.41, 5.74) is -0.345. The normalized spacial score (nSPS) is 14.7. The SMILES string of the molecule is O=C1CN=C(c2ccc(NCc3ncccn3)c(C(F)(F)F)c2)CO1. The minimum atomic E-state index is -4.55. The van der Waals surface area contributed by atoms with Gasteiger partial charge in [0.15, 0.2) is 0 Å². The molecule has 9 heteroatoms. The van der Waals surface area contributed by atoms with Gasteiger partial charge in [-0.25, -0.2) is 9.97 Å². The van der Waals surface area contributed by atoms with Gasteiger partial charge in [-0.15, -0.1) is 0 Å². The molecule has 0 fully saturated rings. The summed E-state index contributed by atoms with van der Waals surface area (Å²) < 4.78 is 45.0. The highest BCUT2D eigenvalue weighted by atomic mass is 19.4. The predicted octanol–water partition coefficient (Wildman–Crippen LogP) is 2.45. The lowest BCUT2D eigenvalue weighted by Gasteiger charge is -2.18. The van der Waals surface area contributed by atoms with Crippen LogP contribution in [0.15, 0.2) is 41.7 Å². The Morgan fingerprint density at radius 3 is 2.60 bits per heavy atom. The van der Waals surface area contributed by atoms with E-state index in [0.29, 0.717) is 11.5 Å². The summed E-state index contributed by atoms with van der Waals surface area (Å²) >= 11 is 0. The Hall–Kier alpha value is -2.97. The molecule has 2 heterocycles. The van der Waals surface area contributed by atoms with Crippen LogP contribution in [0, 0.1) is 0 Å². The van der Waals surface area contributed by atoms with E-state index in [2.05, 4.69) is 20.3 Å². The fourth-order valence-electron chi connectivity index (χ4n) is 2.28. The Labute approximate surface area is 140 Å². The first-order valence-electron chi connectivity index (χ1n) is 7.34. The van der Waals surface area contributed by atoms with E-state index < -0.39 is 17.7 Å². The minimum absolute atomic E-state index is 0.0574. The third kappa shape index (κ3) is 4.11. The Morgan fingerprint density at radius 2 is 1.96 bits per heavy atom. The number of alkyl halides is 3. The van der Waals surface area contributed by atoms with Crippen LogP contribution in [-0.4, -0.2) is 34.8 Å². The summed E-state index contributed by atoms with van der Waals surface area (Å²) in [6.45, 7) is -0.273. The number of carbonyl (C=O) groups excluding carboxylic acids is 1. The van der Waals surface area contributed by atoms with Gasteiger partial charge in [0.05, 0.1) is 17.8 Å². The van der Waals surface area contributed by atoms with Gasteiger partial charge >= 0.3 is 12.1 Å². The molecule has 6 nitrogen and oxygen atoms in total. The first-order chi connectivity index (χ1) is 11.9. The van der Waals surface area contributed by atoms with Crippen molar-refractivity contribution in [2.75, 3.05) is 18.5 Å². The quantitative estimate of drug-likeness (QED) is 0.857. The average molecular weight is 350 g/mol. The third-order valence-corrected chi connectivity index (χ3v) is 3.48. The van der Waals surface area contributed by atoms with E-state index in [-0.39, 0.29) is 30.9 Å². The summed E-state index contributed by atoms with van der Waals surface area (Å²) in [6, 6.07) is 5.44. The predicted molar refractivity (Wildman–Crippen MR) is 83.2 cm³/mol. The van der Waals surface area contributed by atoms with Crippen molar-refractivity contribution in [1.29, 1.82) is 0 Å². The van der Waals surface area contributed by atoms with Crippen LogP contribution in [0.4, 0.5) is 18.9 Å².